The maximum atomic E-state index is 12.4. The summed E-state index contributed by atoms with van der Waals surface area (Å²) in [6, 6.07) is 11.2. The van der Waals surface area contributed by atoms with Gasteiger partial charge in [0.05, 0.1) is 51.5 Å². The molecule has 0 atom stereocenters. The van der Waals surface area contributed by atoms with E-state index in [1.165, 1.54) is 31.2 Å². The number of rotatable bonds is 19. The van der Waals surface area contributed by atoms with Crippen molar-refractivity contribution in [2.24, 2.45) is 10.2 Å². The molecule has 0 saturated heterocycles. The van der Waals surface area contributed by atoms with Crippen LogP contribution in [0, 0.1) is 11.3 Å². The molecule has 0 radical (unpaired) electrons. The van der Waals surface area contributed by atoms with Crippen LogP contribution in [0.1, 0.15) is 64.6 Å². The monoisotopic (exact) mass is 1140 g/mol. The fourth-order valence-corrected chi connectivity index (χ4v) is 8.88. The molecule has 0 fully saturated rings. The van der Waals surface area contributed by atoms with Crippen molar-refractivity contribution in [1.29, 1.82) is 5.26 Å². The zero-order chi connectivity index (χ0) is 47.3. The maximum absolute atomic E-state index is 12.4. The summed E-state index contributed by atoms with van der Waals surface area (Å²) in [7, 11) is -19.4. The Bertz CT molecular complexity index is 2840. The summed E-state index contributed by atoms with van der Waals surface area (Å²) >= 11 is 13.5. The minimum atomic E-state index is -5.22. The fourth-order valence-electron chi connectivity index (χ4n) is 5.96. The van der Waals surface area contributed by atoms with Gasteiger partial charge in [-0.15, -0.1) is 10.2 Å². The van der Waals surface area contributed by atoms with Crippen molar-refractivity contribution < 1.29 is 262 Å². The summed E-state index contributed by atoms with van der Waals surface area (Å²) in [5.41, 5.74) is -0.264. The number of anilines is 4. The van der Waals surface area contributed by atoms with Gasteiger partial charge in [0, 0.05) is 54.0 Å². The van der Waals surface area contributed by atoms with E-state index in [1.807, 2.05) is 0 Å². The Morgan fingerprint density at radius 3 is 1.66 bits per heavy atom. The smallest absolute Gasteiger partial charge is 0.748 e. The molecule has 342 valence electrons. The minimum absolute atomic E-state index is 0. The van der Waals surface area contributed by atoms with Crippen LogP contribution in [-0.4, -0.2) is 92.2 Å². The molecule has 0 spiro atoms. The molecular formula is C36H38Cl2K4N8O13S4. The van der Waals surface area contributed by atoms with Gasteiger partial charge < -0.3 is 33.7 Å². The predicted molar refractivity (Wildman–Crippen MR) is 227 cm³/mol. The molecule has 0 bridgehead atoms. The molecule has 0 saturated carbocycles. The Morgan fingerprint density at radius 2 is 1.24 bits per heavy atom. The molecule has 2 N–H and O–H groups in total. The van der Waals surface area contributed by atoms with Gasteiger partial charge in [-0.25, -0.2) is 38.4 Å². The number of aromatic nitrogens is 2. The molecule has 67 heavy (non-hydrogen) atoms. The largest absolute Gasteiger partial charge is 1.00 e. The van der Waals surface area contributed by atoms with Crippen LogP contribution < -0.4 is 221 Å². The number of unbranched alkanes of at least 4 members (excludes halogenated alkanes) is 2. The van der Waals surface area contributed by atoms with E-state index in [1.54, 1.807) is 31.7 Å². The van der Waals surface area contributed by atoms with Crippen LogP contribution in [0.25, 0.3) is 5.69 Å². The molecule has 3 aromatic carbocycles. The summed E-state index contributed by atoms with van der Waals surface area (Å²) in [6.45, 7) is 6.93. The second-order valence-electron chi connectivity index (χ2n) is 14.8. The number of nitrogens with one attached hydrogen (secondary N) is 2. The zero-order valence-electron chi connectivity index (χ0n) is 37.7. The first-order valence-corrected chi connectivity index (χ1v) is 25.0. The third-order valence-corrected chi connectivity index (χ3v) is 12.5. The van der Waals surface area contributed by atoms with Crippen molar-refractivity contribution in [3.63, 3.8) is 0 Å². The Hall–Kier alpha value is 1.80. The third kappa shape index (κ3) is 21.9. The average molecular weight is 1150 g/mol. The molecule has 0 unspecified atom stereocenters. The van der Waals surface area contributed by atoms with E-state index in [-0.39, 0.29) is 300 Å². The zero-order valence-corrected chi connectivity index (χ0v) is 54.9. The number of halogens is 2. The van der Waals surface area contributed by atoms with Gasteiger partial charge in [-0.2, -0.15) is 10.4 Å². The molecule has 4 rings (SSSR count). The van der Waals surface area contributed by atoms with Crippen molar-refractivity contribution in [3.8, 4) is 11.8 Å². The van der Waals surface area contributed by atoms with Crippen LogP contribution in [0.3, 0.4) is 0 Å². The fraction of sp³-hybridized carbons (Fsp3) is 0.361. The number of hydrogen-bond acceptors (Lipinski definition) is 19. The molecule has 1 heterocycles. The molecule has 0 aliphatic rings. The second kappa shape index (κ2) is 29.2. The number of nitriles is 1. The van der Waals surface area contributed by atoms with Crippen LogP contribution in [0.15, 0.2) is 68.6 Å². The van der Waals surface area contributed by atoms with E-state index in [4.69, 9.17) is 23.2 Å². The average Bonchev–Trinajstić information content (AvgIpc) is 3.50. The Kier molecular flexibility index (Phi) is 30.0. The van der Waals surface area contributed by atoms with Gasteiger partial charge in [0.25, 0.3) is 0 Å². The van der Waals surface area contributed by atoms with E-state index in [2.05, 4.69) is 32.0 Å². The van der Waals surface area contributed by atoms with Gasteiger partial charge in [0.15, 0.2) is 5.82 Å². The summed E-state index contributed by atoms with van der Waals surface area (Å²) in [5.74, 6) is -1.90. The van der Waals surface area contributed by atoms with Crippen LogP contribution >= 0.6 is 23.2 Å². The van der Waals surface area contributed by atoms with Crippen molar-refractivity contribution in [2.45, 2.75) is 68.6 Å². The quantitative estimate of drug-likeness (QED) is 0.0382. The SMILES string of the molecule is CC(=O)Nc1cc(N(CCCCS(=O)(=O)[O-])CCCCS(=O)(=O)[O-])ccc1N=Nc1c(C#N)c(C(C)(C)C)nn1-c1c(Cl)cc(Nc2cc(S(=O)(=O)[O-])cc(S(=O)(=O)[O-])c2)cc1Cl.[K+].[K+].[K+].[K+]. The first-order chi connectivity index (χ1) is 29.0. The van der Waals surface area contributed by atoms with E-state index in [0.29, 0.717) is 11.8 Å². The van der Waals surface area contributed by atoms with E-state index in [9.17, 15) is 61.9 Å². The molecule has 21 nitrogen and oxygen atoms in total. The normalized spacial score (nSPS) is 11.9. The molecule has 1 amide bonds. The Morgan fingerprint density at radius 1 is 0.761 bits per heavy atom. The molecule has 4 aromatic rings. The Labute approximate surface area is 569 Å². The van der Waals surface area contributed by atoms with Crippen LogP contribution in [0.4, 0.5) is 34.3 Å². The number of benzene rings is 3. The Balaban J connectivity index is 0.0000109. The van der Waals surface area contributed by atoms with Gasteiger partial charge in [-0.1, -0.05) is 44.0 Å². The van der Waals surface area contributed by atoms with E-state index >= 15 is 0 Å². The van der Waals surface area contributed by atoms with Crippen molar-refractivity contribution in [3.05, 3.63) is 69.8 Å². The van der Waals surface area contributed by atoms with Gasteiger partial charge >= 0.3 is 206 Å². The van der Waals surface area contributed by atoms with E-state index in [0.717, 1.165) is 16.8 Å². The van der Waals surface area contributed by atoms with Gasteiger partial charge in [-0.05, 0) is 74.2 Å². The molecule has 31 heteroatoms. The van der Waals surface area contributed by atoms with Crippen LogP contribution in [0.5, 0.6) is 0 Å². The summed E-state index contributed by atoms with van der Waals surface area (Å²) in [6.07, 6.45) is 0.533. The predicted octanol–water partition coefficient (Wildman–Crippen LogP) is -6.25. The van der Waals surface area contributed by atoms with Crippen LogP contribution in [0.2, 0.25) is 10.0 Å². The number of amides is 1. The second-order valence-corrected chi connectivity index (χ2v) is 21.5. The molecule has 1 aromatic heterocycles. The molecular weight excluding hydrogens is 1110 g/mol. The minimum Gasteiger partial charge on any atom is -0.748 e. The molecule has 0 aliphatic heterocycles. The summed E-state index contributed by atoms with van der Waals surface area (Å²) in [5, 5.41) is 28.7. The standard InChI is InChI=1S/C36H42Cl2N8O13S4.4K/c1-22(47)40-32-19-25(45(11-5-7-13-60(48,49)50)12-6-8-14-61(51,52)53)9-10-31(32)42-43-35-28(21-39)34(36(2,3)4)44-46(35)33-29(37)17-24(18-30(33)38)41-23-15-26(62(54,55)56)20-27(16-23)63(57,58)59;;;;/h9-10,15-20,41H,5-8,11-14H2,1-4H3,(H,40,47)(H,48,49,50)(H,51,52,53)(H,54,55,56)(H,57,58,59);;;;/q;4*+1/p-4. The van der Waals surface area contributed by atoms with Crippen molar-refractivity contribution in [2.75, 3.05) is 40.1 Å². The maximum Gasteiger partial charge on any atom is 1.00 e. The third-order valence-electron chi connectivity index (χ3n) is 8.71. The number of carbonyl (C=O) groups is 1. The van der Waals surface area contributed by atoms with Crippen molar-refractivity contribution in [1.82, 2.24) is 9.78 Å². The number of carbonyl (C=O) groups excluding carboxylic acids is 1. The van der Waals surface area contributed by atoms with Crippen molar-refractivity contribution >= 4 is 104 Å². The topological polar surface area (TPSA) is 340 Å². The summed E-state index contributed by atoms with van der Waals surface area (Å²) < 4.78 is 139. The molecule has 0 aliphatic carbocycles. The van der Waals surface area contributed by atoms with E-state index < -0.39 is 73.1 Å². The number of nitrogens with zero attached hydrogens (tertiary/aromatic N) is 6. The summed E-state index contributed by atoms with van der Waals surface area (Å²) in [4.78, 5) is 12.1. The van der Waals surface area contributed by atoms with Crippen LogP contribution in [-0.2, 0) is 50.7 Å². The number of azo groups is 1. The first-order valence-electron chi connectivity index (χ1n) is 18.3. The van der Waals surface area contributed by atoms with Gasteiger partial charge in [0.1, 0.15) is 43.2 Å². The first kappa shape index (κ1) is 68.8. The van der Waals surface area contributed by atoms with Gasteiger partial charge in [-0.3, -0.25) is 4.79 Å². The van der Waals surface area contributed by atoms with Gasteiger partial charge in [0.2, 0.25) is 5.91 Å². The number of hydrogen-bond donors (Lipinski definition) is 2.